The molecule has 1 aromatic carbocycles. The molecule has 0 radical (unpaired) electrons. The molecule has 3 heteroatoms. The van der Waals surface area contributed by atoms with E-state index in [9.17, 15) is 0 Å². The molecule has 0 bridgehead atoms. The number of rotatable bonds is 8. The first-order valence-electron chi connectivity index (χ1n) is 10.6. The molecular formula is C27H34Cl2O. The summed E-state index contributed by atoms with van der Waals surface area (Å²) in [6.07, 6.45) is 16.7. The Kier molecular flexibility index (Phi) is 9.68. The van der Waals surface area contributed by atoms with Gasteiger partial charge in [-0.15, -0.1) is 0 Å². The lowest BCUT2D eigenvalue weighted by molar-refractivity contribution is 0.148. The molecular weight excluding hydrogens is 411 g/mol. The van der Waals surface area contributed by atoms with E-state index in [0.717, 1.165) is 11.1 Å². The summed E-state index contributed by atoms with van der Waals surface area (Å²) in [5.74, 6) is 0. The Morgan fingerprint density at radius 3 is 2.60 bits per heavy atom. The van der Waals surface area contributed by atoms with Gasteiger partial charge in [-0.1, -0.05) is 96.3 Å². The highest BCUT2D eigenvalue weighted by Crippen LogP contribution is 2.40. The van der Waals surface area contributed by atoms with E-state index in [1.807, 2.05) is 12.1 Å². The predicted molar refractivity (Wildman–Crippen MR) is 132 cm³/mol. The van der Waals surface area contributed by atoms with Gasteiger partial charge in [-0.2, -0.15) is 0 Å². The maximum Gasteiger partial charge on any atom is 0.0735 e. The molecule has 0 saturated heterocycles. The van der Waals surface area contributed by atoms with Crippen LogP contribution in [0.4, 0.5) is 0 Å². The Morgan fingerprint density at radius 2 is 1.90 bits per heavy atom. The third-order valence-corrected chi connectivity index (χ3v) is 6.16. The summed E-state index contributed by atoms with van der Waals surface area (Å²) in [5.41, 5.74) is 6.67. The highest BCUT2D eigenvalue weighted by atomic mass is 35.5. The summed E-state index contributed by atoms with van der Waals surface area (Å²) in [6.45, 7) is 12.2. The van der Waals surface area contributed by atoms with Crippen LogP contribution in [0.15, 0.2) is 76.9 Å². The maximum absolute atomic E-state index is 6.16. The van der Waals surface area contributed by atoms with Gasteiger partial charge < -0.3 is 4.74 Å². The molecule has 0 aliphatic heterocycles. The van der Waals surface area contributed by atoms with Crippen molar-refractivity contribution in [2.75, 3.05) is 6.61 Å². The van der Waals surface area contributed by atoms with E-state index in [2.05, 4.69) is 71.1 Å². The molecule has 0 fully saturated rings. The van der Waals surface area contributed by atoms with E-state index in [0.29, 0.717) is 23.3 Å². The number of hydrogen-bond acceptors (Lipinski definition) is 1. The largest absolute Gasteiger partial charge is 0.373 e. The lowest BCUT2D eigenvalue weighted by Gasteiger charge is -2.32. The first kappa shape index (κ1) is 24.7. The average molecular weight is 445 g/mol. The zero-order valence-electron chi connectivity index (χ0n) is 18.9. The van der Waals surface area contributed by atoms with Crippen LogP contribution in [0.1, 0.15) is 59.4 Å². The Balaban J connectivity index is 1.84. The normalized spacial score (nSPS) is 18.1. The van der Waals surface area contributed by atoms with Gasteiger partial charge in [0.1, 0.15) is 0 Å². The zero-order valence-corrected chi connectivity index (χ0v) is 20.4. The number of allylic oxidation sites excluding steroid dienone is 9. The van der Waals surface area contributed by atoms with Crippen LogP contribution in [0.5, 0.6) is 0 Å². The van der Waals surface area contributed by atoms with Crippen LogP contribution in [-0.2, 0) is 11.3 Å². The molecule has 2 rings (SSSR count). The fourth-order valence-electron chi connectivity index (χ4n) is 3.70. The van der Waals surface area contributed by atoms with E-state index in [-0.39, 0.29) is 5.41 Å². The molecule has 1 aromatic rings. The molecule has 1 nitrogen and oxygen atoms in total. The molecule has 0 N–H and O–H groups in total. The second-order valence-electron chi connectivity index (χ2n) is 8.73. The summed E-state index contributed by atoms with van der Waals surface area (Å²) in [7, 11) is 0. The topological polar surface area (TPSA) is 9.23 Å². The van der Waals surface area contributed by atoms with Crippen molar-refractivity contribution in [2.45, 2.75) is 60.5 Å². The van der Waals surface area contributed by atoms with Crippen LogP contribution in [-0.4, -0.2) is 6.61 Å². The van der Waals surface area contributed by atoms with Crippen molar-refractivity contribution in [3.63, 3.8) is 0 Å². The van der Waals surface area contributed by atoms with Crippen molar-refractivity contribution in [1.82, 2.24) is 0 Å². The van der Waals surface area contributed by atoms with Crippen molar-refractivity contribution < 1.29 is 4.74 Å². The number of hydrogen-bond donors (Lipinski definition) is 0. The van der Waals surface area contributed by atoms with Gasteiger partial charge in [0.15, 0.2) is 0 Å². The highest BCUT2D eigenvalue weighted by Gasteiger charge is 2.26. The Morgan fingerprint density at radius 1 is 1.13 bits per heavy atom. The fourth-order valence-corrected chi connectivity index (χ4v) is 4.16. The van der Waals surface area contributed by atoms with Crippen molar-refractivity contribution in [1.29, 1.82) is 0 Å². The molecule has 0 amide bonds. The summed E-state index contributed by atoms with van der Waals surface area (Å²) < 4.78 is 5.70. The molecule has 1 aliphatic rings. The van der Waals surface area contributed by atoms with E-state index >= 15 is 0 Å². The minimum Gasteiger partial charge on any atom is -0.373 e. The summed E-state index contributed by atoms with van der Waals surface area (Å²) in [6, 6.07) is 5.46. The van der Waals surface area contributed by atoms with Gasteiger partial charge in [-0.25, -0.2) is 0 Å². The van der Waals surface area contributed by atoms with Crippen molar-refractivity contribution in [3.05, 3.63) is 92.6 Å². The number of benzene rings is 1. The average Bonchev–Trinajstić information content (AvgIpc) is 2.65. The number of halogens is 2. The summed E-state index contributed by atoms with van der Waals surface area (Å²) in [5, 5.41) is 1.27. The standard InChI is InChI=1S/C27H34Cl2O/c1-20(11-14-25-22(3)10-7-16-27(25,4)5)8-6-9-21(2)15-17-30-19-23-12-13-24(28)18-26(23)29/h6,8-9,11-15,18H,7,10,16-17,19H2,1-5H3. The monoisotopic (exact) mass is 444 g/mol. The van der Waals surface area contributed by atoms with E-state index in [4.69, 9.17) is 27.9 Å². The smallest absolute Gasteiger partial charge is 0.0735 e. The molecule has 162 valence electrons. The predicted octanol–water partition coefficient (Wildman–Crippen LogP) is 9.04. The van der Waals surface area contributed by atoms with Gasteiger partial charge in [0.2, 0.25) is 0 Å². The zero-order chi connectivity index (χ0) is 22.1. The Bertz CT molecular complexity index is 882. The quantitative estimate of drug-likeness (QED) is 0.286. The molecule has 0 aromatic heterocycles. The lowest BCUT2D eigenvalue weighted by atomic mass is 9.72. The van der Waals surface area contributed by atoms with Crippen LogP contribution >= 0.6 is 23.2 Å². The first-order chi connectivity index (χ1) is 14.2. The maximum atomic E-state index is 6.16. The second-order valence-corrected chi connectivity index (χ2v) is 9.58. The third kappa shape index (κ3) is 7.95. The molecule has 0 unspecified atom stereocenters. The molecule has 0 atom stereocenters. The molecule has 0 spiro atoms. The Hall–Kier alpha value is -1.54. The highest BCUT2D eigenvalue weighted by molar-refractivity contribution is 6.35. The van der Waals surface area contributed by atoms with E-state index < -0.39 is 0 Å². The minimum atomic E-state index is 0.282. The van der Waals surface area contributed by atoms with Gasteiger partial charge in [0.05, 0.1) is 13.2 Å². The van der Waals surface area contributed by atoms with Crippen LogP contribution < -0.4 is 0 Å². The molecule has 0 saturated carbocycles. The molecule has 0 heterocycles. The van der Waals surface area contributed by atoms with E-state index in [1.165, 1.54) is 36.0 Å². The van der Waals surface area contributed by atoms with Crippen LogP contribution in [0, 0.1) is 5.41 Å². The lowest BCUT2D eigenvalue weighted by Crippen LogP contribution is -2.19. The fraction of sp³-hybridized carbons (Fsp3) is 0.407. The van der Waals surface area contributed by atoms with Crippen molar-refractivity contribution in [2.24, 2.45) is 5.41 Å². The van der Waals surface area contributed by atoms with Crippen LogP contribution in [0.25, 0.3) is 0 Å². The van der Waals surface area contributed by atoms with Crippen LogP contribution in [0.3, 0.4) is 0 Å². The van der Waals surface area contributed by atoms with Crippen LogP contribution in [0.2, 0.25) is 10.0 Å². The Labute approximate surface area is 192 Å². The second kappa shape index (κ2) is 11.7. The van der Waals surface area contributed by atoms with Gasteiger partial charge in [-0.05, 0) is 68.7 Å². The summed E-state index contributed by atoms with van der Waals surface area (Å²) in [4.78, 5) is 0. The summed E-state index contributed by atoms with van der Waals surface area (Å²) >= 11 is 12.1. The first-order valence-corrected chi connectivity index (χ1v) is 11.4. The van der Waals surface area contributed by atoms with Gasteiger partial charge in [0, 0.05) is 10.0 Å². The van der Waals surface area contributed by atoms with Gasteiger partial charge in [0.25, 0.3) is 0 Å². The number of ether oxygens (including phenoxy) is 1. The van der Waals surface area contributed by atoms with Gasteiger partial charge >= 0.3 is 0 Å². The van der Waals surface area contributed by atoms with E-state index in [1.54, 1.807) is 6.07 Å². The van der Waals surface area contributed by atoms with Crippen molar-refractivity contribution >= 4 is 23.2 Å². The SMILES string of the molecule is CC(C=CC1=C(C)CCCC1(C)C)=CC=CC(C)=CCOCc1ccc(Cl)cc1Cl. The third-order valence-electron chi connectivity index (χ3n) is 5.57. The van der Waals surface area contributed by atoms with Crippen molar-refractivity contribution in [3.8, 4) is 0 Å². The molecule has 30 heavy (non-hydrogen) atoms. The molecule has 1 aliphatic carbocycles. The minimum absolute atomic E-state index is 0.282. The van der Waals surface area contributed by atoms with Gasteiger partial charge in [-0.3, -0.25) is 0 Å².